The van der Waals surface area contributed by atoms with E-state index in [1.807, 2.05) is 24.3 Å². The first-order chi connectivity index (χ1) is 17.3. The quantitative estimate of drug-likeness (QED) is 0.202. The Hall–Kier alpha value is -2.52. The van der Waals surface area contributed by atoms with Crippen LogP contribution < -0.4 is 9.47 Å². The Morgan fingerprint density at radius 2 is 1.43 bits per heavy atom. The molecule has 0 aromatic heterocycles. The molecule has 0 fully saturated rings. The van der Waals surface area contributed by atoms with E-state index in [1.165, 1.54) is 49.7 Å². The van der Waals surface area contributed by atoms with Gasteiger partial charge in [0.2, 0.25) is 0 Å². The lowest BCUT2D eigenvalue weighted by Gasteiger charge is -2.15. The molecule has 0 heterocycles. The van der Waals surface area contributed by atoms with Crippen LogP contribution in [0.5, 0.6) is 11.5 Å². The van der Waals surface area contributed by atoms with Gasteiger partial charge < -0.3 is 14.2 Å². The number of ether oxygens (including phenoxy) is 3. The van der Waals surface area contributed by atoms with Crippen LogP contribution in [0, 0.1) is 5.92 Å². The number of unbranched alkanes of at least 4 members (excludes halogenated alkanes) is 5. The van der Waals surface area contributed by atoms with Crippen molar-refractivity contribution >= 4 is 0 Å². The van der Waals surface area contributed by atoms with E-state index in [2.05, 4.69) is 55.5 Å². The Bertz CT molecular complexity index is 854. The van der Waals surface area contributed by atoms with E-state index in [-0.39, 0.29) is 0 Å². The van der Waals surface area contributed by atoms with Crippen LogP contribution in [0.4, 0.5) is 0 Å². The summed E-state index contributed by atoms with van der Waals surface area (Å²) >= 11 is 0. The van der Waals surface area contributed by atoms with Crippen molar-refractivity contribution < 1.29 is 14.2 Å². The van der Waals surface area contributed by atoms with Crippen LogP contribution in [0.1, 0.15) is 70.3 Å². The molecule has 0 radical (unpaired) electrons. The zero-order valence-electron chi connectivity index (χ0n) is 21.6. The van der Waals surface area contributed by atoms with E-state index in [9.17, 15) is 0 Å². The highest BCUT2D eigenvalue weighted by molar-refractivity contribution is 5.32. The molecule has 0 amide bonds. The van der Waals surface area contributed by atoms with Crippen LogP contribution in [-0.4, -0.2) is 26.4 Å². The van der Waals surface area contributed by atoms with Gasteiger partial charge in [0.25, 0.3) is 0 Å². The van der Waals surface area contributed by atoms with E-state index < -0.39 is 0 Å². The summed E-state index contributed by atoms with van der Waals surface area (Å²) in [6, 6.07) is 18.8. The summed E-state index contributed by atoms with van der Waals surface area (Å²) in [7, 11) is 0. The highest BCUT2D eigenvalue weighted by Crippen LogP contribution is 2.20. The third-order valence-corrected chi connectivity index (χ3v) is 6.55. The molecule has 3 heteroatoms. The molecular formula is C32H44O3. The maximum absolute atomic E-state index is 5.97. The van der Waals surface area contributed by atoms with E-state index in [0.29, 0.717) is 12.5 Å². The Morgan fingerprint density at radius 1 is 0.743 bits per heavy atom. The maximum atomic E-state index is 5.97. The van der Waals surface area contributed by atoms with Gasteiger partial charge in [0.1, 0.15) is 18.1 Å². The number of hydrogen-bond donors (Lipinski definition) is 0. The first-order valence-corrected chi connectivity index (χ1v) is 13.7. The summed E-state index contributed by atoms with van der Waals surface area (Å²) in [5.41, 5.74) is 2.67. The zero-order chi connectivity index (χ0) is 24.4. The van der Waals surface area contributed by atoms with Crippen LogP contribution in [-0.2, 0) is 11.2 Å². The highest BCUT2D eigenvalue weighted by Gasteiger charge is 2.07. The molecule has 0 saturated carbocycles. The van der Waals surface area contributed by atoms with Crippen LogP contribution in [0.25, 0.3) is 0 Å². The Morgan fingerprint density at radius 3 is 2.11 bits per heavy atom. The second kappa shape index (κ2) is 17.0. The molecule has 190 valence electrons. The molecule has 2 aromatic rings. The lowest BCUT2D eigenvalue weighted by Crippen LogP contribution is -2.12. The van der Waals surface area contributed by atoms with Gasteiger partial charge in [-0.3, -0.25) is 0 Å². The molecule has 0 N–H and O–H groups in total. The van der Waals surface area contributed by atoms with Crippen molar-refractivity contribution in [2.24, 2.45) is 5.92 Å². The van der Waals surface area contributed by atoms with Crippen molar-refractivity contribution in [2.75, 3.05) is 26.4 Å². The average molecular weight is 477 g/mol. The Labute approximate surface area is 213 Å². The topological polar surface area (TPSA) is 27.7 Å². The molecule has 1 aliphatic carbocycles. The normalized spacial score (nSPS) is 13.9. The molecule has 2 aromatic carbocycles. The molecule has 1 unspecified atom stereocenters. The fourth-order valence-corrected chi connectivity index (χ4v) is 4.30. The van der Waals surface area contributed by atoms with E-state index in [1.54, 1.807) is 0 Å². The molecule has 0 bridgehead atoms. The van der Waals surface area contributed by atoms with Gasteiger partial charge in [0, 0.05) is 13.2 Å². The number of rotatable bonds is 18. The number of allylic oxidation sites excluding steroid dienone is 2. The van der Waals surface area contributed by atoms with Gasteiger partial charge in [-0.25, -0.2) is 0 Å². The van der Waals surface area contributed by atoms with Crippen molar-refractivity contribution in [1.82, 2.24) is 0 Å². The first kappa shape index (κ1) is 27.1. The lowest BCUT2D eigenvalue weighted by molar-refractivity contribution is 0.0945. The van der Waals surface area contributed by atoms with E-state index in [4.69, 9.17) is 14.2 Å². The molecular weight excluding hydrogens is 432 g/mol. The molecule has 0 spiro atoms. The van der Waals surface area contributed by atoms with Crippen LogP contribution in [0.3, 0.4) is 0 Å². The molecule has 1 atom stereocenters. The third-order valence-electron chi connectivity index (χ3n) is 6.55. The molecule has 3 nitrogen and oxygen atoms in total. The molecule has 0 aliphatic heterocycles. The van der Waals surface area contributed by atoms with Crippen molar-refractivity contribution in [1.29, 1.82) is 0 Å². The number of benzene rings is 2. The molecule has 35 heavy (non-hydrogen) atoms. The fraction of sp³-hybridized carbons (Fsp3) is 0.500. The summed E-state index contributed by atoms with van der Waals surface area (Å²) in [6.45, 7) is 5.45. The summed E-state index contributed by atoms with van der Waals surface area (Å²) in [6.07, 6.45) is 18.5. The van der Waals surface area contributed by atoms with Crippen molar-refractivity contribution in [3.05, 3.63) is 84.0 Å². The minimum atomic E-state index is 0.623. The van der Waals surface area contributed by atoms with Gasteiger partial charge in [0.05, 0.1) is 6.61 Å². The maximum Gasteiger partial charge on any atom is 0.120 e. The van der Waals surface area contributed by atoms with Crippen LogP contribution >= 0.6 is 0 Å². The number of hydrogen-bond acceptors (Lipinski definition) is 3. The van der Waals surface area contributed by atoms with Crippen LogP contribution in [0.15, 0.2) is 78.4 Å². The predicted molar refractivity (Wildman–Crippen MR) is 146 cm³/mol. The average Bonchev–Trinajstić information content (AvgIpc) is 2.91. The highest BCUT2D eigenvalue weighted by atomic mass is 16.5. The molecule has 0 saturated heterocycles. The summed E-state index contributed by atoms with van der Waals surface area (Å²) in [5.74, 6) is 2.43. The summed E-state index contributed by atoms with van der Waals surface area (Å²) in [4.78, 5) is 0. The van der Waals surface area contributed by atoms with Crippen LogP contribution in [0.2, 0.25) is 0 Å². The fourth-order valence-electron chi connectivity index (χ4n) is 4.30. The summed E-state index contributed by atoms with van der Waals surface area (Å²) in [5, 5.41) is 0. The van der Waals surface area contributed by atoms with Gasteiger partial charge >= 0.3 is 0 Å². The zero-order valence-corrected chi connectivity index (χ0v) is 21.6. The monoisotopic (exact) mass is 476 g/mol. The van der Waals surface area contributed by atoms with Gasteiger partial charge in [0.15, 0.2) is 0 Å². The smallest absolute Gasteiger partial charge is 0.120 e. The minimum Gasteiger partial charge on any atom is -0.494 e. The predicted octanol–water partition coefficient (Wildman–Crippen LogP) is 8.35. The Balaban J connectivity index is 1.13. The third kappa shape index (κ3) is 11.6. The molecule has 3 rings (SSSR count). The SMILES string of the molecule is CCC(COCCCCCCCCOc1ccc(OCC2=CCCC=C2)cc1)Cc1ccccc1. The van der Waals surface area contributed by atoms with Gasteiger partial charge in [-0.2, -0.15) is 0 Å². The van der Waals surface area contributed by atoms with E-state index in [0.717, 1.165) is 57.0 Å². The van der Waals surface area contributed by atoms with Gasteiger partial charge in [-0.1, -0.05) is 87.6 Å². The first-order valence-electron chi connectivity index (χ1n) is 13.7. The van der Waals surface area contributed by atoms with Crippen molar-refractivity contribution in [2.45, 2.75) is 71.1 Å². The Kier molecular flexibility index (Phi) is 13.1. The summed E-state index contributed by atoms with van der Waals surface area (Å²) < 4.78 is 17.7. The largest absolute Gasteiger partial charge is 0.494 e. The van der Waals surface area contributed by atoms with Crippen molar-refractivity contribution in [3.63, 3.8) is 0 Å². The van der Waals surface area contributed by atoms with E-state index >= 15 is 0 Å². The lowest BCUT2D eigenvalue weighted by atomic mass is 9.98. The van der Waals surface area contributed by atoms with Gasteiger partial charge in [-0.15, -0.1) is 0 Å². The minimum absolute atomic E-state index is 0.623. The second-order valence-electron chi connectivity index (χ2n) is 9.53. The molecule has 1 aliphatic rings. The van der Waals surface area contributed by atoms with Crippen molar-refractivity contribution in [3.8, 4) is 11.5 Å². The van der Waals surface area contributed by atoms with Gasteiger partial charge in [-0.05, 0) is 73.4 Å². The second-order valence-corrected chi connectivity index (χ2v) is 9.53. The standard InChI is InChI=1S/C32H44O3/c1-2-28(25-29-15-9-7-10-16-29)26-33-23-13-5-3-4-6-14-24-34-31-19-21-32(22-20-31)35-27-30-17-11-8-12-18-30/h7,9-11,15-22,28H,2-6,8,12-14,23-27H2,1H3.